The summed E-state index contributed by atoms with van der Waals surface area (Å²) in [6.45, 7) is 0.757. The van der Waals surface area contributed by atoms with Crippen molar-refractivity contribution in [1.82, 2.24) is 24.1 Å². The molecule has 12 heteroatoms. The Morgan fingerprint density at radius 2 is 2.12 bits per heavy atom. The zero-order valence-electron chi connectivity index (χ0n) is 18.2. The molecule has 1 fully saturated rings. The smallest absolute Gasteiger partial charge is 0.420 e. The van der Waals surface area contributed by atoms with Gasteiger partial charge in [-0.3, -0.25) is 0 Å². The molecule has 0 unspecified atom stereocenters. The average molecular weight is 473 g/mol. The molecule has 1 aliphatic heterocycles. The number of halogens is 3. The number of aromatic nitrogens is 5. The third kappa shape index (κ3) is 4.00. The summed E-state index contributed by atoms with van der Waals surface area (Å²) in [5, 5.41) is 17.4. The van der Waals surface area contributed by atoms with Gasteiger partial charge in [0.05, 0.1) is 31.5 Å². The minimum atomic E-state index is -4.55. The van der Waals surface area contributed by atoms with Gasteiger partial charge in [0.25, 0.3) is 0 Å². The third-order valence-corrected chi connectivity index (χ3v) is 5.84. The number of rotatable bonds is 6. The molecule has 4 aromatic rings. The number of benzene rings is 1. The number of anilines is 3. The monoisotopic (exact) mass is 473 g/mol. The number of nitrogens with zero attached hydrogens (tertiary/aromatic N) is 6. The summed E-state index contributed by atoms with van der Waals surface area (Å²) >= 11 is 0. The van der Waals surface area contributed by atoms with Crippen molar-refractivity contribution in [3.8, 4) is 11.4 Å². The first-order valence-electron chi connectivity index (χ1n) is 10.7. The van der Waals surface area contributed by atoms with Crippen molar-refractivity contribution in [2.75, 3.05) is 30.5 Å². The summed E-state index contributed by atoms with van der Waals surface area (Å²) in [5.74, 6) is 1.13. The van der Waals surface area contributed by atoms with Gasteiger partial charge in [-0.2, -0.15) is 18.2 Å². The number of aliphatic hydroxyl groups is 1. The van der Waals surface area contributed by atoms with Crippen molar-refractivity contribution in [1.29, 1.82) is 0 Å². The van der Waals surface area contributed by atoms with Gasteiger partial charge in [-0.1, -0.05) is 0 Å². The van der Waals surface area contributed by atoms with E-state index in [2.05, 4.69) is 20.4 Å². The van der Waals surface area contributed by atoms with Gasteiger partial charge in [-0.05, 0) is 43.2 Å². The lowest BCUT2D eigenvalue weighted by molar-refractivity contribution is -0.138. The van der Waals surface area contributed by atoms with Crippen molar-refractivity contribution in [2.24, 2.45) is 0 Å². The Balaban J connectivity index is 1.46. The van der Waals surface area contributed by atoms with Crippen molar-refractivity contribution in [2.45, 2.75) is 25.1 Å². The van der Waals surface area contributed by atoms with E-state index < -0.39 is 11.7 Å². The first-order valence-corrected chi connectivity index (χ1v) is 10.7. The number of ether oxygens (including phenoxy) is 1. The van der Waals surface area contributed by atoms with E-state index in [1.54, 1.807) is 16.9 Å². The van der Waals surface area contributed by atoms with Gasteiger partial charge in [0, 0.05) is 18.4 Å². The Bertz CT molecular complexity index is 1320. The van der Waals surface area contributed by atoms with Crippen LogP contribution in [0.2, 0.25) is 0 Å². The molecule has 9 nitrogen and oxygen atoms in total. The fraction of sp³-hybridized carbons (Fsp3) is 0.318. The molecule has 3 aromatic heterocycles. The van der Waals surface area contributed by atoms with E-state index in [0.717, 1.165) is 25.5 Å². The Kier molecular flexibility index (Phi) is 5.52. The molecule has 1 aliphatic rings. The Morgan fingerprint density at radius 3 is 2.88 bits per heavy atom. The van der Waals surface area contributed by atoms with Crippen LogP contribution in [-0.2, 0) is 6.18 Å². The van der Waals surface area contributed by atoms with Crippen LogP contribution in [0.15, 0.2) is 49.1 Å². The van der Waals surface area contributed by atoms with Gasteiger partial charge in [-0.15, -0.1) is 5.10 Å². The lowest BCUT2D eigenvalue weighted by Crippen LogP contribution is -2.34. The molecule has 2 N–H and O–H groups in total. The number of fused-ring (bicyclic) bond motifs is 1. The lowest BCUT2D eigenvalue weighted by Gasteiger charge is -2.23. The molecule has 0 spiro atoms. The third-order valence-electron chi connectivity index (χ3n) is 5.84. The minimum absolute atomic E-state index is 0.0159. The second-order valence-corrected chi connectivity index (χ2v) is 7.94. The predicted molar refractivity (Wildman–Crippen MR) is 119 cm³/mol. The van der Waals surface area contributed by atoms with Crippen LogP contribution >= 0.6 is 0 Å². The van der Waals surface area contributed by atoms with Crippen LogP contribution in [0.3, 0.4) is 0 Å². The molecule has 178 valence electrons. The summed E-state index contributed by atoms with van der Waals surface area (Å²) in [4.78, 5) is 10.9. The van der Waals surface area contributed by atoms with Crippen molar-refractivity contribution in [3.63, 3.8) is 0 Å². The highest BCUT2D eigenvalue weighted by Crippen LogP contribution is 2.37. The highest BCUT2D eigenvalue weighted by atomic mass is 19.4. The standard InChI is InChI=1S/C22H22F3N7O2/c1-34-18-7-6-14(10-16(18)22(23,24)25)30-11-19(26-13-30)27-20-17-5-3-9-32(17)29-21(28-20)31-8-2-4-15(31)12-33/h3,5-7,9-11,13,15,33H,2,4,8,12H2,1H3,(H,27,28,29)/t15-/m0/s1. The lowest BCUT2D eigenvalue weighted by atomic mass is 10.1. The van der Waals surface area contributed by atoms with Crippen molar-refractivity contribution in [3.05, 3.63) is 54.6 Å². The van der Waals surface area contributed by atoms with Gasteiger partial charge in [0.1, 0.15) is 23.4 Å². The van der Waals surface area contributed by atoms with Crippen molar-refractivity contribution < 1.29 is 23.0 Å². The van der Waals surface area contributed by atoms with Crippen LogP contribution in [0.25, 0.3) is 11.2 Å². The fourth-order valence-electron chi connectivity index (χ4n) is 4.15. The van der Waals surface area contributed by atoms with Crippen LogP contribution in [0.5, 0.6) is 5.75 Å². The Labute approximate surface area is 192 Å². The largest absolute Gasteiger partial charge is 0.496 e. The minimum Gasteiger partial charge on any atom is -0.496 e. The van der Waals surface area contributed by atoms with Gasteiger partial charge < -0.3 is 24.6 Å². The molecule has 0 amide bonds. The van der Waals surface area contributed by atoms with Crippen LogP contribution in [0, 0.1) is 0 Å². The molecule has 1 aromatic carbocycles. The molecule has 5 rings (SSSR count). The molecule has 1 saturated heterocycles. The number of methoxy groups -OCH3 is 1. The van der Waals surface area contributed by atoms with Crippen LogP contribution in [0.4, 0.5) is 30.8 Å². The molecular formula is C22H22F3N7O2. The molecule has 1 atom stereocenters. The Hall–Kier alpha value is -3.80. The van der Waals surface area contributed by atoms with E-state index >= 15 is 0 Å². The maximum Gasteiger partial charge on any atom is 0.420 e. The van der Waals surface area contributed by atoms with E-state index in [1.165, 1.54) is 30.1 Å². The first kappa shape index (κ1) is 22.0. The Morgan fingerprint density at radius 1 is 1.26 bits per heavy atom. The van der Waals surface area contributed by atoms with E-state index in [4.69, 9.17) is 4.74 Å². The molecule has 0 bridgehead atoms. The van der Waals surface area contributed by atoms with Crippen molar-refractivity contribution >= 4 is 23.1 Å². The van der Waals surface area contributed by atoms with E-state index in [0.29, 0.717) is 23.1 Å². The zero-order chi connectivity index (χ0) is 23.9. The quantitative estimate of drug-likeness (QED) is 0.442. The zero-order valence-corrected chi connectivity index (χ0v) is 18.2. The summed E-state index contributed by atoms with van der Waals surface area (Å²) in [7, 11) is 1.20. The number of hydrogen-bond acceptors (Lipinski definition) is 7. The number of imidazole rings is 1. The normalized spacial score (nSPS) is 16.4. The first-order chi connectivity index (χ1) is 16.4. The van der Waals surface area contributed by atoms with Crippen LogP contribution in [-0.4, -0.2) is 55.6 Å². The second-order valence-electron chi connectivity index (χ2n) is 7.94. The van der Waals surface area contributed by atoms with Gasteiger partial charge in [0.15, 0.2) is 5.82 Å². The van der Waals surface area contributed by atoms with Gasteiger partial charge >= 0.3 is 6.18 Å². The highest BCUT2D eigenvalue weighted by molar-refractivity contribution is 5.73. The van der Waals surface area contributed by atoms with E-state index in [9.17, 15) is 18.3 Å². The van der Waals surface area contributed by atoms with Gasteiger partial charge in [0.2, 0.25) is 5.95 Å². The number of aliphatic hydroxyl groups excluding tert-OH is 1. The van der Waals surface area contributed by atoms with Gasteiger partial charge in [-0.25, -0.2) is 9.50 Å². The SMILES string of the molecule is COc1ccc(-n2cnc(Nc3nc(N4CCC[C@H]4CO)nn4cccc34)c2)cc1C(F)(F)F. The molecular weight excluding hydrogens is 451 g/mol. The van der Waals surface area contributed by atoms with Crippen LogP contribution < -0.4 is 15.0 Å². The summed E-state index contributed by atoms with van der Waals surface area (Å²) in [6.07, 6.45) is 2.04. The summed E-state index contributed by atoms with van der Waals surface area (Å²) in [5.41, 5.74) is 0.129. The molecule has 0 radical (unpaired) electrons. The summed E-state index contributed by atoms with van der Waals surface area (Å²) in [6, 6.07) is 7.45. The molecule has 0 saturated carbocycles. The maximum absolute atomic E-state index is 13.4. The predicted octanol–water partition coefficient (Wildman–Crippen LogP) is 3.65. The number of nitrogens with one attached hydrogen (secondary N) is 1. The molecule has 34 heavy (non-hydrogen) atoms. The topological polar surface area (TPSA) is 92.7 Å². The molecule has 4 heterocycles. The average Bonchev–Trinajstić information content (AvgIpc) is 3.58. The van der Waals surface area contributed by atoms with Crippen LogP contribution in [0.1, 0.15) is 18.4 Å². The second kappa shape index (κ2) is 8.52. The number of alkyl halides is 3. The van der Waals surface area contributed by atoms with E-state index in [1.807, 2.05) is 17.0 Å². The maximum atomic E-state index is 13.4. The number of hydrogen-bond donors (Lipinski definition) is 2. The van der Waals surface area contributed by atoms with E-state index in [-0.39, 0.29) is 24.1 Å². The fourth-order valence-corrected chi connectivity index (χ4v) is 4.15. The highest BCUT2D eigenvalue weighted by Gasteiger charge is 2.34. The molecule has 0 aliphatic carbocycles. The summed E-state index contributed by atoms with van der Waals surface area (Å²) < 4.78 is 48.2.